The van der Waals surface area contributed by atoms with Crippen LogP contribution in [0.5, 0.6) is 0 Å². The molecule has 2 N–H and O–H groups in total. The number of rotatable bonds is 4. The van der Waals surface area contributed by atoms with Gasteiger partial charge in [0, 0.05) is 31.0 Å². The van der Waals surface area contributed by atoms with Crippen molar-refractivity contribution >= 4 is 17.3 Å². The fourth-order valence-corrected chi connectivity index (χ4v) is 3.83. The Kier molecular flexibility index (Phi) is 6.41. The van der Waals surface area contributed by atoms with Crippen LogP contribution in [0.25, 0.3) is 0 Å². The van der Waals surface area contributed by atoms with Crippen molar-refractivity contribution in [3.8, 4) is 0 Å². The lowest BCUT2D eigenvalue weighted by molar-refractivity contribution is -0.0835. The predicted octanol–water partition coefficient (Wildman–Crippen LogP) is 2.96. The molecule has 2 rings (SSSR count). The van der Waals surface area contributed by atoms with Crippen LogP contribution in [0.3, 0.4) is 0 Å². The van der Waals surface area contributed by atoms with Gasteiger partial charge in [0.15, 0.2) is 5.96 Å². The molecule has 0 radical (unpaired) electrons. The summed E-state index contributed by atoms with van der Waals surface area (Å²) >= 11 is 1.68. The molecule has 1 aliphatic rings. The van der Waals surface area contributed by atoms with Gasteiger partial charge in [0.25, 0.3) is 0 Å². The van der Waals surface area contributed by atoms with Crippen molar-refractivity contribution in [3.05, 3.63) is 16.1 Å². The molecule has 0 saturated carbocycles. The molecule has 2 heterocycles. The summed E-state index contributed by atoms with van der Waals surface area (Å²) in [6, 6.07) is 0. The zero-order chi connectivity index (χ0) is 16.9. The molecule has 2 unspecified atom stereocenters. The molecule has 0 aromatic carbocycles. The van der Waals surface area contributed by atoms with Gasteiger partial charge < -0.3 is 15.4 Å². The maximum atomic E-state index is 6.05. The second-order valence-electron chi connectivity index (χ2n) is 7.23. The van der Waals surface area contributed by atoms with Crippen molar-refractivity contribution < 1.29 is 4.74 Å². The SMILES string of the molecule is CN=C(NCc1scnc1C)NCC1CCCOC1C(C)(C)C. The highest BCUT2D eigenvalue weighted by Crippen LogP contribution is 2.33. The molecule has 23 heavy (non-hydrogen) atoms. The Hall–Kier alpha value is -1.14. The minimum atomic E-state index is 0.170. The Bertz CT molecular complexity index is 521. The Morgan fingerprint density at radius 3 is 2.83 bits per heavy atom. The van der Waals surface area contributed by atoms with Gasteiger partial charge in [-0.3, -0.25) is 4.99 Å². The van der Waals surface area contributed by atoms with Gasteiger partial charge in [-0.15, -0.1) is 11.3 Å². The van der Waals surface area contributed by atoms with E-state index in [0.29, 0.717) is 12.0 Å². The Labute approximate surface area is 144 Å². The van der Waals surface area contributed by atoms with Gasteiger partial charge in [-0.2, -0.15) is 0 Å². The summed E-state index contributed by atoms with van der Waals surface area (Å²) in [6.07, 6.45) is 2.65. The van der Waals surface area contributed by atoms with E-state index in [2.05, 4.69) is 41.4 Å². The van der Waals surface area contributed by atoms with E-state index in [1.807, 2.05) is 19.5 Å². The molecular weight excluding hydrogens is 308 g/mol. The number of hydrogen-bond donors (Lipinski definition) is 2. The molecule has 0 aliphatic carbocycles. The smallest absolute Gasteiger partial charge is 0.191 e. The Balaban J connectivity index is 1.85. The van der Waals surface area contributed by atoms with E-state index in [9.17, 15) is 0 Å². The van der Waals surface area contributed by atoms with E-state index >= 15 is 0 Å². The number of aromatic nitrogens is 1. The molecule has 5 nitrogen and oxygen atoms in total. The maximum absolute atomic E-state index is 6.05. The fourth-order valence-electron chi connectivity index (χ4n) is 3.12. The van der Waals surface area contributed by atoms with Crippen molar-refractivity contribution in [1.82, 2.24) is 15.6 Å². The lowest BCUT2D eigenvalue weighted by Gasteiger charge is -2.40. The molecule has 1 aromatic heterocycles. The molecular formula is C17H30N4OS. The zero-order valence-electron chi connectivity index (χ0n) is 15.0. The summed E-state index contributed by atoms with van der Waals surface area (Å²) in [5.74, 6) is 1.36. The molecule has 0 spiro atoms. The molecule has 1 fully saturated rings. The number of nitrogens with one attached hydrogen (secondary N) is 2. The average Bonchev–Trinajstić information content (AvgIpc) is 2.92. The average molecular weight is 339 g/mol. The van der Waals surface area contributed by atoms with Gasteiger partial charge in [0.1, 0.15) is 0 Å². The zero-order valence-corrected chi connectivity index (χ0v) is 15.8. The topological polar surface area (TPSA) is 58.5 Å². The highest BCUT2D eigenvalue weighted by Gasteiger charge is 2.35. The lowest BCUT2D eigenvalue weighted by atomic mass is 9.78. The molecule has 130 valence electrons. The van der Waals surface area contributed by atoms with Crippen molar-refractivity contribution in [1.29, 1.82) is 0 Å². The molecule has 1 saturated heterocycles. The van der Waals surface area contributed by atoms with Crippen LogP contribution in [0, 0.1) is 18.3 Å². The van der Waals surface area contributed by atoms with Crippen LogP contribution >= 0.6 is 11.3 Å². The normalized spacial score (nSPS) is 22.9. The van der Waals surface area contributed by atoms with Crippen LogP contribution in [-0.2, 0) is 11.3 Å². The van der Waals surface area contributed by atoms with E-state index in [1.165, 1.54) is 11.3 Å². The number of aryl methyl sites for hydroxylation is 1. The van der Waals surface area contributed by atoms with Crippen LogP contribution in [0.2, 0.25) is 0 Å². The van der Waals surface area contributed by atoms with Crippen LogP contribution in [0.15, 0.2) is 10.5 Å². The molecule has 2 atom stereocenters. The van der Waals surface area contributed by atoms with Crippen LogP contribution in [-0.4, -0.2) is 37.2 Å². The third kappa shape index (κ3) is 5.18. The molecule has 1 aromatic rings. The van der Waals surface area contributed by atoms with E-state index < -0.39 is 0 Å². The van der Waals surface area contributed by atoms with Gasteiger partial charge in [-0.1, -0.05) is 20.8 Å². The van der Waals surface area contributed by atoms with Crippen molar-refractivity contribution in [2.24, 2.45) is 16.3 Å². The number of thiazole rings is 1. The fraction of sp³-hybridized carbons (Fsp3) is 0.765. The molecule has 6 heteroatoms. The summed E-state index contributed by atoms with van der Waals surface area (Å²) in [5, 5.41) is 6.84. The first-order valence-corrected chi connectivity index (χ1v) is 9.25. The van der Waals surface area contributed by atoms with Crippen LogP contribution in [0.4, 0.5) is 0 Å². The van der Waals surface area contributed by atoms with Crippen molar-refractivity contribution in [2.45, 2.75) is 53.2 Å². The second-order valence-corrected chi connectivity index (χ2v) is 8.17. The highest BCUT2D eigenvalue weighted by atomic mass is 32.1. The predicted molar refractivity (Wildman–Crippen MR) is 97.0 cm³/mol. The quantitative estimate of drug-likeness (QED) is 0.654. The minimum Gasteiger partial charge on any atom is -0.377 e. The summed E-state index contributed by atoms with van der Waals surface area (Å²) in [6.45, 7) is 11.4. The maximum Gasteiger partial charge on any atom is 0.191 e. The highest BCUT2D eigenvalue weighted by molar-refractivity contribution is 7.09. The second kappa shape index (κ2) is 8.11. The number of guanidine groups is 1. The first kappa shape index (κ1) is 18.2. The molecule has 0 amide bonds. The number of ether oxygens (including phenoxy) is 1. The molecule has 1 aliphatic heterocycles. The minimum absolute atomic E-state index is 0.170. The number of hydrogen-bond acceptors (Lipinski definition) is 4. The third-order valence-electron chi connectivity index (χ3n) is 4.31. The first-order valence-electron chi connectivity index (χ1n) is 8.37. The Morgan fingerprint density at radius 2 is 2.22 bits per heavy atom. The van der Waals surface area contributed by atoms with E-state index in [0.717, 1.165) is 37.8 Å². The number of nitrogens with zero attached hydrogens (tertiary/aromatic N) is 2. The lowest BCUT2D eigenvalue weighted by Crippen LogP contribution is -2.47. The Morgan fingerprint density at radius 1 is 1.43 bits per heavy atom. The summed E-state index contributed by atoms with van der Waals surface area (Å²) in [4.78, 5) is 9.86. The third-order valence-corrected chi connectivity index (χ3v) is 5.25. The van der Waals surface area contributed by atoms with E-state index in [1.54, 1.807) is 11.3 Å². The van der Waals surface area contributed by atoms with Crippen LogP contribution < -0.4 is 10.6 Å². The number of aliphatic imine (C=N–C) groups is 1. The van der Waals surface area contributed by atoms with Gasteiger partial charge in [-0.25, -0.2) is 4.98 Å². The van der Waals surface area contributed by atoms with Crippen molar-refractivity contribution in [2.75, 3.05) is 20.2 Å². The first-order chi connectivity index (χ1) is 10.9. The monoisotopic (exact) mass is 338 g/mol. The summed E-state index contributed by atoms with van der Waals surface area (Å²) in [7, 11) is 1.81. The van der Waals surface area contributed by atoms with E-state index in [-0.39, 0.29) is 5.41 Å². The van der Waals surface area contributed by atoms with Gasteiger partial charge in [0.05, 0.1) is 23.9 Å². The standard InChI is InChI=1S/C17H30N4OS/c1-12-14(23-11-21-12)10-20-16(18-5)19-9-13-7-6-8-22-15(13)17(2,3)4/h11,13,15H,6-10H2,1-5H3,(H2,18,19,20). The van der Waals surface area contributed by atoms with Gasteiger partial charge in [0.2, 0.25) is 0 Å². The summed E-state index contributed by atoms with van der Waals surface area (Å²) < 4.78 is 6.05. The van der Waals surface area contributed by atoms with Gasteiger partial charge >= 0.3 is 0 Å². The summed E-state index contributed by atoms with van der Waals surface area (Å²) in [5.41, 5.74) is 3.14. The molecule has 0 bridgehead atoms. The van der Waals surface area contributed by atoms with E-state index in [4.69, 9.17) is 4.74 Å². The van der Waals surface area contributed by atoms with Crippen molar-refractivity contribution in [3.63, 3.8) is 0 Å². The van der Waals surface area contributed by atoms with Crippen LogP contribution in [0.1, 0.15) is 44.2 Å². The largest absolute Gasteiger partial charge is 0.377 e. The van der Waals surface area contributed by atoms with Gasteiger partial charge in [-0.05, 0) is 25.2 Å².